The molecule has 3 rings (SSSR count). The summed E-state index contributed by atoms with van der Waals surface area (Å²) in [7, 11) is -0.777. The van der Waals surface area contributed by atoms with Gasteiger partial charge in [-0.05, 0) is 12.3 Å². The first kappa shape index (κ1) is 15.3. The third-order valence-electron chi connectivity index (χ3n) is 3.47. The van der Waals surface area contributed by atoms with Crippen molar-refractivity contribution in [3.63, 3.8) is 0 Å². The minimum atomic E-state index is -0.461. The van der Waals surface area contributed by atoms with Crippen molar-refractivity contribution in [2.75, 3.05) is 20.4 Å². The quantitative estimate of drug-likeness (QED) is 0.526. The summed E-state index contributed by atoms with van der Waals surface area (Å²) >= 11 is 14.1. The van der Waals surface area contributed by atoms with Crippen molar-refractivity contribution in [2.24, 2.45) is 0 Å². The lowest BCUT2D eigenvalue weighted by Gasteiger charge is -2.14. The number of pyridine rings is 1. The normalized spacial score (nSPS) is 12.0. The number of nitrogens with zero attached hydrogens (tertiary/aromatic N) is 2. The molecule has 0 bridgehead atoms. The zero-order valence-corrected chi connectivity index (χ0v) is 15.3. The Labute approximate surface area is 160 Å². The van der Waals surface area contributed by atoms with E-state index in [0.29, 0.717) is 16.2 Å². The van der Waals surface area contributed by atoms with Gasteiger partial charge in [0.05, 0.1) is 32.5 Å². The summed E-state index contributed by atoms with van der Waals surface area (Å²) in [6.45, 7) is 0. The second-order valence-electron chi connectivity index (χ2n) is 4.84. The molecule has 0 atom stereocenters. The number of rotatable bonds is 4. The third kappa shape index (κ3) is 3.15. The minimum absolute atomic E-state index is 0.0658. The summed E-state index contributed by atoms with van der Waals surface area (Å²) < 4.78 is 24.9. The molecule has 0 radical (unpaired) electrons. The van der Waals surface area contributed by atoms with Crippen molar-refractivity contribution < 1.29 is 12.2 Å². The number of nitrogens with one attached hydrogen (secondary N) is 1. The molecule has 0 saturated heterocycles. The van der Waals surface area contributed by atoms with Crippen LogP contribution in [0.4, 0.5) is 0 Å². The van der Waals surface area contributed by atoms with Gasteiger partial charge in [-0.1, -0.05) is 35.0 Å². The van der Waals surface area contributed by atoms with E-state index in [4.69, 9.17) is 35.4 Å². The maximum atomic E-state index is 12.7. The minimum Gasteiger partial charge on any atom is -0.495 e. The van der Waals surface area contributed by atoms with Crippen LogP contribution in [0.2, 0.25) is 10.0 Å². The molecule has 2 aromatic heterocycles. The Balaban J connectivity index is 2.28. The summed E-state index contributed by atoms with van der Waals surface area (Å²) in [5.41, 5.74) is 0.279. The largest absolute Gasteiger partial charge is 0.495 e. The first-order chi connectivity index (χ1) is 13.0. The fourth-order valence-corrected chi connectivity index (χ4v) is 3.30. The van der Waals surface area contributed by atoms with E-state index < -0.39 is 5.56 Å². The van der Waals surface area contributed by atoms with Crippen molar-refractivity contribution in [3.8, 4) is 22.6 Å². The molecule has 9 heteroatoms. The Morgan fingerprint density at radius 1 is 1.20 bits per heavy atom. The fourth-order valence-electron chi connectivity index (χ4n) is 2.30. The Bertz CT molecular complexity index is 1030. The van der Waals surface area contributed by atoms with Crippen molar-refractivity contribution in [1.82, 2.24) is 15.0 Å². The number of methoxy groups -OCH3 is 2. The van der Waals surface area contributed by atoms with E-state index in [-0.39, 0.29) is 46.8 Å². The molecule has 0 spiro atoms. The number of halogens is 2. The summed E-state index contributed by atoms with van der Waals surface area (Å²) in [6, 6.07) is 2.96. The second-order valence-corrected chi connectivity index (χ2v) is 6.37. The lowest BCUT2D eigenvalue weighted by atomic mass is 10.0. The van der Waals surface area contributed by atoms with Crippen LogP contribution >= 0.6 is 35.0 Å². The Kier molecular flexibility index (Phi) is 4.35. The van der Waals surface area contributed by atoms with E-state index in [1.54, 1.807) is 12.3 Å². The van der Waals surface area contributed by atoms with Crippen molar-refractivity contribution >= 4 is 46.0 Å². The highest BCUT2D eigenvalue weighted by Crippen LogP contribution is 2.45. The molecule has 0 saturated carbocycles. The van der Waals surface area contributed by atoms with Gasteiger partial charge in [-0.3, -0.25) is 4.79 Å². The number of hydrogen-bond acceptors (Lipinski definition) is 6. The third-order valence-corrected chi connectivity index (χ3v) is 4.78. The molecule has 0 aliphatic heterocycles. The van der Waals surface area contributed by atoms with Gasteiger partial charge in [-0.2, -0.15) is 0 Å². The standard InChI is InChI=1S/C16H13Cl2N3O3S/c1-23-9-5-10(24-2)13(18)11(12(9)17)8-4-7-6-19-16(25-3)21-14(7)20-15(8)22/h4-6H,1-3H3,(H,19,20,21,22)/i1D,2D. The molecule has 0 aliphatic rings. The number of ether oxygens (including phenoxy) is 2. The SMILES string of the molecule is [2H]COc1cc(OC[2H])c(Cl)c(-c2cc3cnc(SC)nc3[nH]c2=O)c1Cl. The van der Waals surface area contributed by atoms with Gasteiger partial charge < -0.3 is 14.5 Å². The molecule has 1 aromatic carbocycles. The molecule has 2 heterocycles. The topological polar surface area (TPSA) is 77.1 Å². The molecule has 0 aliphatic carbocycles. The average molecular weight is 400 g/mol. The van der Waals surface area contributed by atoms with E-state index in [1.165, 1.54) is 17.8 Å². The number of aromatic amines is 1. The highest BCUT2D eigenvalue weighted by Gasteiger charge is 2.21. The van der Waals surface area contributed by atoms with Gasteiger partial charge >= 0.3 is 0 Å². The van der Waals surface area contributed by atoms with Crippen molar-refractivity contribution in [2.45, 2.75) is 5.16 Å². The molecule has 0 fully saturated rings. The number of H-pyrrole nitrogens is 1. The van der Waals surface area contributed by atoms with Crippen molar-refractivity contribution in [1.29, 1.82) is 0 Å². The fraction of sp³-hybridized carbons (Fsp3) is 0.188. The second kappa shape index (κ2) is 7.11. The van der Waals surface area contributed by atoms with Crippen LogP contribution in [0, 0.1) is 0 Å². The number of benzene rings is 1. The number of aromatic nitrogens is 3. The first-order valence-corrected chi connectivity index (χ1v) is 8.78. The van der Waals surface area contributed by atoms with Crippen LogP contribution in [0.15, 0.2) is 28.3 Å². The summed E-state index contributed by atoms with van der Waals surface area (Å²) in [6.07, 6.45) is 3.42. The van der Waals surface area contributed by atoms with Gasteiger partial charge in [-0.15, -0.1) is 0 Å². The van der Waals surface area contributed by atoms with Crippen LogP contribution in [-0.2, 0) is 0 Å². The maximum absolute atomic E-state index is 12.7. The van der Waals surface area contributed by atoms with Gasteiger partial charge in [0.15, 0.2) is 5.16 Å². The van der Waals surface area contributed by atoms with E-state index in [9.17, 15) is 4.79 Å². The van der Waals surface area contributed by atoms with Gasteiger partial charge in [0.2, 0.25) is 0 Å². The summed E-state index contributed by atoms with van der Waals surface area (Å²) in [5, 5.41) is 1.25. The summed E-state index contributed by atoms with van der Waals surface area (Å²) in [4.78, 5) is 23.8. The number of fused-ring (bicyclic) bond motifs is 1. The van der Waals surface area contributed by atoms with Crippen LogP contribution in [0.3, 0.4) is 0 Å². The zero-order valence-electron chi connectivity index (χ0n) is 14.9. The molecule has 1 N–H and O–H groups in total. The smallest absolute Gasteiger partial charge is 0.257 e. The van der Waals surface area contributed by atoms with Crippen LogP contribution in [-0.4, -0.2) is 35.4 Å². The van der Waals surface area contributed by atoms with E-state index in [2.05, 4.69) is 15.0 Å². The van der Waals surface area contributed by atoms with Gasteiger partial charge in [0, 0.05) is 23.2 Å². The molecule has 0 amide bonds. The Morgan fingerprint density at radius 3 is 2.48 bits per heavy atom. The van der Waals surface area contributed by atoms with Gasteiger partial charge in [0.25, 0.3) is 5.56 Å². The Morgan fingerprint density at radius 2 is 1.88 bits per heavy atom. The molecular formula is C16H13Cl2N3O3S. The highest BCUT2D eigenvalue weighted by atomic mass is 35.5. The van der Waals surface area contributed by atoms with Crippen LogP contribution in [0.25, 0.3) is 22.2 Å². The first-order valence-electron chi connectivity index (χ1n) is 8.22. The molecule has 25 heavy (non-hydrogen) atoms. The number of hydrogen-bond donors (Lipinski definition) is 1. The average Bonchev–Trinajstić information content (AvgIpc) is 2.66. The van der Waals surface area contributed by atoms with Gasteiger partial charge in [-0.25, -0.2) is 9.97 Å². The monoisotopic (exact) mass is 399 g/mol. The lowest BCUT2D eigenvalue weighted by Crippen LogP contribution is -2.11. The van der Waals surface area contributed by atoms with E-state index in [0.717, 1.165) is 0 Å². The molecule has 3 aromatic rings. The predicted molar refractivity (Wildman–Crippen MR) is 100 cm³/mol. The van der Waals surface area contributed by atoms with E-state index in [1.807, 2.05) is 6.26 Å². The van der Waals surface area contributed by atoms with Crippen LogP contribution < -0.4 is 15.0 Å². The van der Waals surface area contributed by atoms with Gasteiger partial charge in [0.1, 0.15) is 17.1 Å². The lowest BCUT2D eigenvalue weighted by molar-refractivity contribution is 0.395. The zero-order chi connectivity index (χ0) is 19.6. The molecular weight excluding hydrogens is 385 g/mol. The van der Waals surface area contributed by atoms with Crippen LogP contribution in [0.5, 0.6) is 11.5 Å². The molecule has 130 valence electrons. The predicted octanol–water partition coefficient (Wildman–Crippen LogP) is 4.03. The maximum Gasteiger partial charge on any atom is 0.257 e. The van der Waals surface area contributed by atoms with Crippen molar-refractivity contribution in [3.05, 3.63) is 38.7 Å². The molecule has 6 nitrogen and oxygen atoms in total. The highest BCUT2D eigenvalue weighted by molar-refractivity contribution is 7.98. The number of thioether (sulfide) groups is 1. The van der Waals surface area contributed by atoms with Crippen LogP contribution in [0.1, 0.15) is 2.74 Å². The van der Waals surface area contributed by atoms with E-state index >= 15 is 0 Å². The Hall–Kier alpha value is -1.96. The molecule has 0 unspecified atom stereocenters. The summed E-state index contributed by atoms with van der Waals surface area (Å²) in [5.74, 6) is 0.256.